The summed E-state index contributed by atoms with van der Waals surface area (Å²) in [6.07, 6.45) is 0. The second kappa shape index (κ2) is 7.18. The summed E-state index contributed by atoms with van der Waals surface area (Å²) >= 11 is 0. The van der Waals surface area contributed by atoms with Crippen LogP contribution in [0.25, 0.3) is 0 Å². The number of carbonyl (C=O) groups is 1. The Morgan fingerprint density at radius 3 is 2.44 bits per heavy atom. The second-order valence-corrected chi connectivity index (χ2v) is 5.62. The van der Waals surface area contributed by atoms with Crippen LogP contribution in [0.15, 0.2) is 42.5 Å². The van der Waals surface area contributed by atoms with Gasteiger partial charge in [0.25, 0.3) is 5.69 Å². The van der Waals surface area contributed by atoms with Crippen molar-refractivity contribution in [2.45, 2.75) is 0 Å². The summed E-state index contributed by atoms with van der Waals surface area (Å²) in [6.45, 7) is 3.09. The zero-order valence-electron chi connectivity index (χ0n) is 13.5. The highest BCUT2D eigenvalue weighted by atomic mass is 16.6. The molecule has 1 fully saturated rings. The predicted molar refractivity (Wildman–Crippen MR) is 94.4 cm³/mol. The van der Waals surface area contributed by atoms with E-state index >= 15 is 0 Å². The normalized spacial score (nSPS) is 14.2. The standard InChI is InChI=1S/C17H18N4O4/c18-17(22)12-1-6-15(16(11-12)21(23)24)19-13-2-4-14(5-3-13)20-7-9-25-10-8-20/h1-6,11,19H,7-10H2,(H2,18,22). The van der Waals surface area contributed by atoms with E-state index in [0.717, 1.165) is 18.8 Å². The molecule has 8 heteroatoms. The lowest BCUT2D eigenvalue weighted by molar-refractivity contribution is -0.383. The first kappa shape index (κ1) is 16.7. The Hall–Kier alpha value is -3.13. The Kier molecular flexibility index (Phi) is 4.80. The molecule has 3 rings (SSSR count). The number of benzene rings is 2. The van der Waals surface area contributed by atoms with Gasteiger partial charge in [0.15, 0.2) is 0 Å². The molecule has 0 bridgehead atoms. The summed E-state index contributed by atoms with van der Waals surface area (Å²) in [5.41, 5.74) is 7.17. The molecule has 1 heterocycles. The first-order valence-electron chi connectivity index (χ1n) is 7.82. The molecule has 0 atom stereocenters. The van der Waals surface area contributed by atoms with E-state index in [2.05, 4.69) is 10.2 Å². The minimum Gasteiger partial charge on any atom is -0.378 e. The van der Waals surface area contributed by atoms with Crippen molar-refractivity contribution in [1.82, 2.24) is 0 Å². The van der Waals surface area contributed by atoms with Crippen LogP contribution in [-0.4, -0.2) is 37.1 Å². The third-order valence-corrected chi connectivity index (χ3v) is 4.00. The fourth-order valence-electron chi connectivity index (χ4n) is 2.67. The number of nitrogens with one attached hydrogen (secondary N) is 1. The number of nitrogens with two attached hydrogens (primary N) is 1. The number of amides is 1. The fourth-order valence-corrected chi connectivity index (χ4v) is 2.67. The summed E-state index contributed by atoms with van der Waals surface area (Å²) in [5, 5.41) is 14.3. The quantitative estimate of drug-likeness (QED) is 0.637. The summed E-state index contributed by atoms with van der Waals surface area (Å²) in [4.78, 5) is 24.1. The number of morpholine rings is 1. The lowest BCUT2D eigenvalue weighted by Gasteiger charge is -2.28. The van der Waals surface area contributed by atoms with Crippen molar-refractivity contribution in [2.24, 2.45) is 5.73 Å². The van der Waals surface area contributed by atoms with Crippen LogP contribution in [0.3, 0.4) is 0 Å². The summed E-state index contributed by atoms with van der Waals surface area (Å²) in [7, 11) is 0. The molecular weight excluding hydrogens is 324 g/mol. The molecule has 0 unspecified atom stereocenters. The van der Waals surface area contributed by atoms with Gasteiger partial charge in [0.05, 0.1) is 18.1 Å². The van der Waals surface area contributed by atoms with E-state index in [1.165, 1.54) is 18.2 Å². The monoisotopic (exact) mass is 342 g/mol. The van der Waals surface area contributed by atoms with Crippen LogP contribution in [0.1, 0.15) is 10.4 Å². The Morgan fingerprint density at radius 1 is 1.16 bits per heavy atom. The second-order valence-electron chi connectivity index (χ2n) is 5.62. The van der Waals surface area contributed by atoms with E-state index < -0.39 is 10.8 Å². The highest BCUT2D eigenvalue weighted by Crippen LogP contribution is 2.29. The van der Waals surface area contributed by atoms with Crippen LogP contribution in [0.4, 0.5) is 22.7 Å². The van der Waals surface area contributed by atoms with E-state index in [9.17, 15) is 14.9 Å². The molecule has 1 aliphatic heterocycles. The van der Waals surface area contributed by atoms with Gasteiger partial charge in [-0.15, -0.1) is 0 Å². The molecule has 2 aromatic carbocycles. The van der Waals surface area contributed by atoms with Crippen molar-refractivity contribution in [1.29, 1.82) is 0 Å². The van der Waals surface area contributed by atoms with Crippen LogP contribution in [-0.2, 0) is 4.74 Å². The van der Waals surface area contributed by atoms with Crippen molar-refractivity contribution < 1.29 is 14.5 Å². The molecule has 25 heavy (non-hydrogen) atoms. The van der Waals surface area contributed by atoms with Gasteiger partial charge in [0, 0.05) is 36.1 Å². The first-order valence-corrected chi connectivity index (χ1v) is 7.82. The van der Waals surface area contributed by atoms with E-state index in [1.54, 1.807) is 0 Å². The van der Waals surface area contributed by atoms with E-state index in [-0.39, 0.29) is 11.3 Å². The number of nitro benzene ring substituents is 1. The van der Waals surface area contributed by atoms with Gasteiger partial charge >= 0.3 is 0 Å². The molecule has 1 aliphatic rings. The molecule has 3 N–H and O–H groups in total. The maximum Gasteiger partial charge on any atom is 0.293 e. The van der Waals surface area contributed by atoms with Crippen LogP contribution in [0.5, 0.6) is 0 Å². The number of carbonyl (C=O) groups excluding carboxylic acids is 1. The van der Waals surface area contributed by atoms with Crippen LogP contribution in [0.2, 0.25) is 0 Å². The Bertz CT molecular complexity index is 786. The zero-order valence-corrected chi connectivity index (χ0v) is 13.5. The van der Waals surface area contributed by atoms with Gasteiger partial charge in [-0.2, -0.15) is 0 Å². The summed E-state index contributed by atoms with van der Waals surface area (Å²) < 4.78 is 5.34. The summed E-state index contributed by atoms with van der Waals surface area (Å²) in [5.74, 6) is -0.704. The molecule has 1 amide bonds. The minimum atomic E-state index is -0.704. The maximum absolute atomic E-state index is 11.2. The van der Waals surface area contributed by atoms with Gasteiger partial charge in [-0.3, -0.25) is 14.9 Å². The topological polar surface area (TPSA) is 111 Å². The van der Waals surface area contributed by atoms with Crippen LogP contribution in [0, 0.1) is 10.1 Å². The number of nitrogens with zero attached hydrogens (tertiary/aromatic N) is 2. The SMILES string of the molecule is NC(=O)c1ccc(Nc2ccc(N3CCOCC3)cc2)c([N+](=O)[O-])c1. The molecule has 0 radical (unpaired) electrons. The van der Waals surface area contributed by atoms with E-state index in [0.29, 0.717) is 24.6 Å². The predicted octanol–water partition coefficient (Wildman–Crippen LogP) is 2.27. The summed E-state index contributed by atoms with van der Waals surface area (Å²) in [6, 6.07) is 11.7. The molecule has 0 aromatic heterocycles. The van der Waals surface area contributed by atoms with E-state index in [1.807, 2.05) is 24.3 Å². The van der Waals surface area contributed by atoms with Gasteiger partial charge in [-0.05, 0) is 36.4 Å². The Morgan fingerprint density at radius 2 is 1.84 bits per heavy atom. The first-order chi connectivity index (χ1) is 12.0. The van der Waals surface area contributed by atoms with Gasteiger partial charge in [0.2, 0.25) is 5.91 Å². The highest BCUT2D eigenvalue weighted by molar-refractivity contribution is 5.94. The molecule has 2 aromatic rings. The number of rotatable bonds is 5. The Balaban J connectivity index is 1.79. The number of primary amides is 1. The van der Waals surface area contributed by atoms with Crippen molar-refractivity contribution >= 4 is 28.7 Å². The van der Waals surface area contributed by atoms with E-state index in [4.69, 9.17) is 10.5 Å². The van der Waals surface area contributed by atoms with Gasteiger partial charge < -0.3 is 20.7 Å². The molecular formula is C17H18N4O4. The van der Waals surface area contributed by atoms with Crippen molar-refractivity contribution in [3.8, 4) is 0 Å². The molecule has 0 spiro atoms. The molecule has 0 saturated carbocycles. The third kappa shape index (κ3) is 3.86. The number of ether oxygens (including phenoxy) is 1. The minimum absolute atomic E-state index is 0.0971. The average Bonchev–Trinajstić information content (AvgIpc) is 2.63. The largest absolute Gasteiger partial charge is 0.378 e. The van der Waals surface area contributed by atoms with Crippen molar-refractivity contribution in [3.63, 3.8) is 0 Å². The number of hydrogen-bond acceptors (Lipinski definition) is 6. The number of nitro groups is 1. The van der Waals surface area contributed by atoms with Gasteiger partial charge in [0.1, 0.15) is 5.69 Å². The average molecular weight is 342 g/mol. The zero-order chi connectivity index (χ0) is 17.8. The molecule has 0 aliphatic carbocycles. The van der Waals surface area contributed by atoms with Crippen LogP contribution >= 0.6 is 0 Å². The van der Waals surface area contributed by atoms with Crippen molar-refractivity contribution in [3.05, 3.63) is 58.1 Å². The maximum atomic E-state index is 11.2. The smallest absolute Gasteiger partial charge is 0.293 e. The van der Waals surface area contributed by atoms with Gasteiger partial charge in [-0.1, -0.05) is 0 Å². The molecule has 8 nitrogen and oxygen atoms in total. The lowest BCUT2D eigenvalue weighted by atomic mass is 10.1. The number of anilines is 3. The third-order valence-electron chi connectivity index (χ3n) is 4.00. The van der Waals surface area contributed by atoms with Crippen molar-refractivity contribution in [2.75, 3.05) is 36.5 Å². The fraction of sp³-hybridized carbons (Fsp3) is 0.235. The Labute approximate surface area is 144 Å². The van der Waals surface area contributed by atoms with Gasteiger partial charge in [-0.25, -0.2) is 0 Å². The molecule has 130 valence electrons. The lowest BCUT2D eigenvalue weighted by Crippen LogP contribution is -2.36. The molecule has 1 saturated heterocycles. The highest BCUT2D eigenvalue weighted by Gasteiger charge is 2.17. The number of hydrogen-bond donors (Lipinski definition) is 2. The van der Waals surface area contributed by atoms with Crippen LogP contribution < -0.4 is 16.0 Å².